The second kappa shape index (κ2) is 13.3. The summed E-state index contributed by atoms with van der Waals surface area (Å²) < 4.78 is 5.42. The van der Waals surface area contributed by atoms with Crippen LogP contribution < -0.4 is 4.74 Å². The number of nitrogens with zero attached hydrogens (tertiary/aromatic N) is 2. The molecule has 0 amide bonds. The van der Waals surface area contributed by atoms with Crippen molar-refractivity contribution in [2.45, 2.75) is 43.4 Å². The number of thioether (sulfide) groups is 1. The molecule has 192 valence electrons. The van der Waals surface area contributed by atoms with E-state index in [1.165, 1.54) is 10.5 Å². The second-order valence-corrected chi connectivity index (χ2v) is 11.2. The average molecular weight is 527 g/mol. The highest BCUT2D eigenvalue weighted by atomic mass is 35.5. The number of aryl methyl sites for hydroxylation is 1. The molecule has 1 saturated heterocycles. The molecule has 0 saturated carbocycles. The minimum atomic E-state index is -0.693. The van der Waals surface area contributed by atoms with Crippen LogP contribution in [-0.2, 0) is 11.2 Å². The van der Waals surface area contributed by atoms with Gasteiger partial charge in [0.05, 0.1) is 12.6 Å². The number of benzene rings is 2. The first-order valence-corrected chi connectivity index (χ1v) is 14.1. The summed E-state index contributed by atoms with van der Waals surface area (Å²) in [4.78, 5) is 19.6. The first-order chi connectivity index (χ1) is 17.5. The van der Waals surface area contributed by atoms with Gasteiger partial charge in [0, 0.05) is 46.8 Å². The van der Waals surface area contributed by atoms with Crippen LogP contribution in [0.3, 0.4) is 0 Å². The molecule has 2 heterocycles. The lowest BCUT2D eigenvalue weighted by molar-refractivity contribution is -0.137. The number of aliphatic carboxylic acids is 1. The fourth-order valence-electron chi connectivity index (χ4n) is 5.28. The van der Waals surface area contributed by atoms with Gasteiger partial charge in [-0.05, 0) is 105 Å². The molecule has 7 heteroatoms. The molecular weight excluding hydrogens is 492 g/mol. The Morgan fingerprint density at radius 1 is 1.17 bits per heavy atom. The van der Waals surface area contributed by atoms with Crippen LogP contribution in [-0.4, -0.2) is 53.5 Å². The van der Waals surface area contributed by atoms with Crippen LogP contribution in [0.2, 0.25) is 5.02 Å². The molecule has 5 nitrogen and oxygen atoms in total. The van der Waals surface area contributed by atoms with Crippen molar-refractivity contribution in [3.63, 3.8) is 0 Å². The highest BCUT2D eigenvalue weighted by molar-refractivity contribution is 7.99. The smallest absolute Gasteiger partial charge is 0.303 e. The third-order valence-electron chi connectivity index (χ3n) is 7.25. The number of carboxylic acids is 1. The average Bonchev–Trinajstić information content (AvgIpc) is 2.89. The van der Waals surface area contributed by atoms with Gasteiger partial charge in [-0.1, -0.05) is 11.6 Å². The number of piperidine rings is 1. The maximum atomic E-state index is 11.3. The Bertz CT molecular complexity index is 1140. The maximum absolute atomic E-state index is 11.3. The van der Waals surface area contributed by atoms with Crippen molar-refractivity contribution in [3.8, 4) is 5.75 Å². The van der Waals surface area contributed by atoms with Crippen molar-refractivity contribution in [2.75, 3.05) is 32.5 Å². The van der Waals surface area contributed by atoms with Gasteiger partial charge in [-0.25, -0.2) is 0 Å². The summed E-state index contributed by atoms with van der Waals surface area (Å²) in [5.74, 6) is 2.20. The zero-order valence-electron chi connectivity index (χ0n) is 20.9. The first kappa shape index (κ1) is 26.8. The summed E-state index contributed by atoms with van der Waals surface area (Å²) in [5.41, 5.74) is 2.30. The summed E-state index contributed by atoms with van der Waals surface area (Å²) in [7, 11) is 1.69. The van der Waals surface area contributed by atoms with Crippen molar-refractivity contribution in [1.29, 1.82) is 0 Å². The van der Waals surface area contributed by atoms with E-state index >= 15 is 0 Å². The molecule has 0 bridgehead atoms. The number of methoxy groups -OCH3 is 1. The Kier molecular flexibility index (Phi) is 9.90. The number of hydrogen-bond donors (Lipinski definition) is 1. The topological polar surface area (TPSA) is 62.7 Å². The molecule has 0 radical (unpaired) electrons. The van der Waals surface area contributed by atoms with Gasteiger partial charge in [-0.3, -0.25) is 9.78 Å². The summed E-state index contributed by atoms with van der Waals surface area (Å²) in [6.45, 7) is 3.10. The summed E-state index contributed by atoms with van der Waals surface area (Å²) in [6, 6.07) is 16.2. The standard InChI is InChI=1S/C29H35ClN2O3S/c1-35-25-8-11-28-27(19-25)22(13-15-31-28)4-2-3-21-14-16-32(20-23(21)5-12-29(33)34)17-18-36-26-9-6-24(30)7-10-26/h6-11,13,15,19,21,23H,2-5,12,14,16-18,20H2,1H3,(H,33,34)/t21-,23+/m1/s1. The molecule has 0 spiro atoms. The van der Waals surface area contributed by atoms with E-state index in [4.69, 9.17) is 16.3 Å². The predicted molar refractivity (Wildman–Crippen MR) is 148 cm³/mol. The number of pyridine rings is 1. The number of rotatable bonds is 12. The van der Waals surface area contributed by atoms with Crippen LogP contribution in [0.1, 0.15) is 37.7 Å². The number of hydrogen-bond acceptors (Lipinski definition) is 5. The number of likely N-dealkylation sites (tertiary alicyclic amines) is 1. The lowest BCUT2D eigenvalue weighted by Crippen LogP contribution is -2.41. The molecule has 2 aromatic carbocycles. The number of ether oxygens (including phenoxy) is 1. The van der Waals surface area contributed by atoms with Crippen molar-refractivity contribution >= 4 is 40.2 Å². The molecule has 4 rings (SSSR count). The number of fused-ring (bicyclic) bond motifs is 1. The minimum absolute atomic E-state index is 0.253. The van der Waals surface area contributed by atoms with Crippen molar-refractivity contribution in [1.82, 2.24) is 9.88 Å². The molecule has 1 N–H and O–H groups in total. The molecule has 1 fully saturated rings. The van der Waals surface area contributed by atoms with E-state index in [-0.39, 0.29) is 6.42 Å². The third kappa shape index (κ3) is 7.61. The fourth-order valence-corrected chi connectivity index (χ4v) is 6.32. The van der Waals surface area contributed by atoms with Gasteiger partial charge in [0.15, 0.2) is 0 Å². The van der Waals surface area contributed by atoms with Crippen LogP contribution in [0.15, 0.2) is 59.6 Å². The SMILES string of the molecule is COc1ccc2nccc(CCC[C@@H]3CCN(CCSc4ccc(Cl)cc4)C[C@@H]3CCC(=O)O)c2c1. The zero-order valence-corrected chi connectivity index (χ0v) is 22.4. The first-order valence-electron chi connectivity index (χ1n) is 12.8. The van der Waals surface area contributed by atoms with Crippen molar-refractivity contribution < 1.29 is 14.6 Å². The normalized spacial score (nSPS) is 18.4. The number of aromatic nitrogens is 1. The van der Waals surface area contributed by atoms with Gasteiger partial charge >= 0.3 is 5.97 Å². The van der Waals surface area contributed by atoms with Crippen molar-refractivity contribution in [2.24, 2.45) is 11.8 Å². The summed E-state index contributed by atoms with van der Waals surface area (Å²) >= 11 is 7.84. The lowest BCUT2D eigenvalue weighted by Gasteiger charge is -2.39. The van der Waals surface area contributed by atoms with Crippen LogP contribution in [0.25, 0.3) is 10.9 Å². The Labute approximate surface area is 223 Å². The Hall–Kier alpha value is -2.28. The predicted octanol–water partition coefficient (Wildman–Crippen LogP) is 6.81. The van der Waals surface area contributed by atoms with Crippen LogP contribution in [0.4, 0.5) is 0 Å². The molecule has 1 aliphatic rings. The molecule has 3 aromatic rings. The molecule has 0 unspecified atom stereocenters. The van der Waals surface area contributed by atoms with Gasteiger partial charge in [0.25, 0.3) is 0 Å². The fraction of sp³-hybridized carbons (Fsp3) is 0.448. The highest BCUT2D eigenvalue weighted by Gasteiger charge is 2.29. The molecular formula is C29H35ClN2O3S. The van der Waals surface area contributed by atoms with Crippen LogP contribution in [0.5, 0.6) is 5.75 Å². The molecule has 2 atom stereocenters. The zero-order chi connectivity index (χ0) is 25.3. The van der Waals surface area contributed by atoms with Crippen molar-refractivity contribution in [3.05, 3.63) is 65.3 Å². The van der Waals surface area contributed by atoms with E-state index in [1.807, 2.05) is 42.2 Å². The highest BCUT2D eigenvalue weighted by Crippen LogP contribution is 2.33. The third-order valence-corrected chi connectivity index (χ3v) is 8.50. The molecule has 0 aliphatic carbocycles. The van der Waals surface area contributed by atoms with Gasteiger partial charge in [0.2, 0.25) is 0 Å². The number of carboxylic acid groups (broad SMARTS) is 1. The molecule has 1 aliphatic heterocycles. The molecule has 1 aromatic heterocycles. The van der Waals surface area contributed by atoms with E-state index in [1.54, 1.807) is 7.11 Å². The van der Waals surface area contributed by atoms with E-state index in [0.717, 1.165) is 79.2 Å². The van der Waals surface area contributed by atoms with Gasteiger partial charge in [0.1, 0.15) is 5.75 Å². The van der Waals surface area contributed by atoms with Gasteiger partial charge in [-0.2, -0.15) is 0 Å². The maximum Gasteiger partial charge on any atom is 0.303 e. The Balaban J connectivity index is 1.31. The number of carbonyl (C=O) groups is 1. The van der Waals surface area contributed by atoms with Gasteiger partial charge in [-0.15, -0.1) is 11.8 Å². The molecule has 36 heavy (non-hydrogen) atoms. The summed E-state index contributed by atoms with van der Waals surface area (Å²) in [6.07, 6.45) is 7.26. The summed E-state index contributed by atoms with van der Waals surface area (Å²) in [5, 5.41) is 11.2. The quantitative estimate of drug-likeness (QED) is 0.261. The van der Waals surface area contributed by atoms with E-state index in [9.17, 15) is 9.90 Å². The largest absolute Gasteiger partial charge is 0.497 e. The monoisotopic (exact) mass is 526 g/mol. The second-order valence-electron chi connectivity index (χ2n) is 9.59. The number of halogens is 1. The van der Waals surface area contributed by atoms with E-state index < -0.39 is 5.97 Å². The van der Waals surface area contributed by atoms with E-state index in [2.05, 4.69) is 34.1 Å². The van der Waals surface area contributed by atoms with Crippen LogP contribution >= 0.6 is 23.4 Å². The Morgan fingerprint density at radius 2 is 2.00 bits per heavy atom. The lowest BCUT2D eigenvalue weighted by atomic mass is 9.79. The van der Waals surface area contributed by atoms with Gasteiger partial charge < -0.3 is 14.7 Å². The minimum Gasteiger partial charge on any atom is -0.497 e. The van der Waals surface area contributed by atoms with Crippen LogP contribution in [0, 0.1) is 11.8 Å². The van der Waals surface area contributed by atoms with E-state index in [0.29, 0.717) is 11.8 Å². The Morgan fingerprint density at radius 3 is 2.78 bits per heavy atom.